The summed E-state index contributed by atoms with van der Waals surface area (Å²) in [5.41, 5.74) is 1.40. The average molecular weight is 376 g/mol. The first-order valence-electron chi connectivity index (χ1n) is 9.64. The number of rotatable bonds is 8. The van der Waals surface area contributed by atoms with Crippen LogP contribution in [0.2, 0.25) is 0 Å². The standard InChI is InChI=1S/C20H28N2O5/c1-2-26-11-10-22-17(12-27-13-18(22)23)19(24)14-6-8-16(9-7-14)21-20(25)15-4-3-5-15/h6-9,15,17,19,24H,2-5,10-13H2,1H3,(H,21,25). The summed E-state index contributed by atoms with van der Waals surface area (Å²) in [4.78, 5) is 25.9. The number of aliphatic hydroxyl groups is 1. The number of nitrogens with zero attached hydrogens (tertiary/aromatic N) is 1. The molecule has 2 atom stereocenters. The summed E-state index contributed by atoms with van der Waals surface area (Å²) in [6.07, 6.45) is 2.16. The minimum absolute atomic E-state index is 0.0292. The molecule has 0 radical (unpaired) electrons. The van der Waals surface area contributed by atoms with E-state index >= 15 is 0 Å². The minimum atomic E-state index is -0.868. The molecule has 7 nitrogen and oxygen atoms in total. The fraction of sp³-hybridized carbons (Fsp3) is 0.600. The van der Waals surface area contributed by atoms with Crippen LogP contribution in [0, 0.1) is 5.92 Å². The molecule has 1 aromatic rings. The van der Waals surface area contributed by atoms with Crippen LogP contribution < -0.4 is 5.32 Å². The van der Waals surface area contributed by atoms with E-state index in [4.69, 9.17) is 9.47 Å². The zero-order valence-electron chi connectivity index (χ0n) is 15.7. The Morgan fingerprint density at radius 1 is 1.37 bits per heavy atom. The van der Waals surface area contributed by atoms with Gasteiger partial charge in [0.2, 0.25) is 11.8 Å². The summed E-state index contributed by atoms with van der Waals surface area (Å²) >= 11 is 0. The normalized spacial score (nSPS) is 21.6. The topological polar surface area (TPSA) is 88.1 Å². The summed E-state index contributed by atoms with van der Waals surface area (Å²) in [6, 6.07) is 6.67. The second kappa shape index (κ2) is 9.30. The molecule has 1 saturated heterocycles. The highest BCUT2D eigenvalue weighted by molar-refractivity contribution is 5.93. The molecule has 1 saturated carbocycles. The molecular weight excluding hydrogens is 348 g/mol. The lowest BCUT2D eigenvalue weighted by molar-refractivity contribution is -0.155. The van der Waals surface area contributed by atoms with Gasteiger partial charge in [0.05, 0.1) is 19.3 Å². The first-order chi connectivity index (χ1) is 13.1. The lowest BCUT2D eigenvalue weighted by Gasteiger charge is -2.38. The van der Waals surface area contributed by atoms with Gasteiger partial charge in [-0.1, -0.05) is 18.6 Å². The van der Waals surface area contributed by atoms with Gasteiger partial charge in [-0.2, -0.15) is 0 Å². The fourth-order valence-electron chi connectivity index (χ4n) is 3.38. The summed E-state index contributed by atoms with van der Waals surface area (Å²) in [5, 5.41) is 13.7. The van der Waals surface area contributed by atoms with Crippen molar-refractivity contribution in [2.45, 2.75) is 38.3 Å². The van der Waals surface area contributed by atoms with Gasteiger partial charge in [-0.05, 0) is 37.5 Å². The van der Waals surface area contributed by atoms with Crippen molar-refractivity contribution < 1.29 is 24.2 Å². The summed E-state index contributed by atoms with van der Waals surface area (Å²) in [5.74, 6) is 0.0388. The van der Waals surface area contributed by atoms with Crippen LogP contribution in [0.25, 0.3) is 0 Å². The Bertz CT molecular complexity index is 644. The Morgan fingerprint density at radius 3 is 2.74 bits per heavy atom. The largest absolute Gasteiger partial charge is 0.386 e. The van der Waals surface area contributed by atoms with Gasteiger partial charge in [0, 0.05) is 24.8 Å². The molecule has 2 unspecified atom stereocenters. The fourth-order valence-corrected chi connectivity index (χ4v) is 3.38. The van der Waals surface area contributed by atoms with Gasteiger partial charge in [0.1, 0.15) is 12.7 Å². The van der Waals surface area contributed by atoms with Crippen LogP contribution in [0.4, 0.5) is 5.69 Å². The van der Waals surface area contributed by atoms with Gasteiger partial charge >= 0.3 is 0 Å². The second-order valence-corrected chi connectivity index (χ2v) is 7.05. The van der Waals surface area contributed by atoms with E-state index in [0.717, 1.165) is 19.3 Å². The van der Waals surface area contributed by atoms with Gasteiger partial charge < -0.3 is 24.8 Å². The van der Waals surface area contributed by atoms with Crippen LogP contribution in [-0.4, -0.2) is 60.8 Å². The highest BCUT2D eigenvalue weighted by Gasteiger charge is 2.34. The Hall–Kier alpha value is -1.96. The van der Waals surface area contributed by atoms with Crippen molar-refractivity contribution in [1.82, 2.24) is 4.90 Å². The Kier molecular flexibility index (Phi) is 6.82. The van der Waals surface area contributed by atoms with Crippen LogP contribution >= 0.6 is 0 Å². The van der Waals surface area contributed by atoms with Crippen molar-refractivity contribution in [3.63, 3.8) is 0 Å². The van der Waals surface area contributed by atoms with Crippen molar-refractivity contribution in [2.24, 2.45) is 5.92 Å². The van der Waals surface area contributed by atoms with E-state index in [1.165, 1.54) is 0 Å². The third-order valence-electron chi connectivity index (χ3n) is 5.28. The van der Waals surface area contributed by atoms with E-state index < -0.39 is 12.1 Å². The number of hydrogen-bond acceptors (Lipinski definition) is 5. The molecule has 7 heteroatoms. The zero-order valence-corrected chi connectivity index (χ0v) is 15.7. The van der Waals surface area contributed by atoms with Crippen molar-refractivity contribution in [1.29, 1.82) is 0 Å². The second-order valence-electron chi connectivity index (χ2n) is 7.05. The molecule has 1 heterocycles. The number of aliphatic hydroxyl groups excluding tert-OH is 1. The molecule has 2 aliphatic rings. The first kappa shape index (κ1) is 19.8. The molecule has 2 amide bonds. The number of hydrogen-bond donors (Lipinski definition) is 2. The number of nitrogens with one attached hydrogen (secondary N) is 1. The summed E-state index contributed by atoms with van der Waals surface area (Å²) in [6.45, 7) is 3.64. The molecular formula is C20H28N2O5. The summed E-state index contributed by atoms with van der Waals surface area (Å²) < 4.78 is 10.7. The van der Waals surface area contributed by atoms with Crippen molar-refractivity contribution in [3.05, 3.63) is 29.8 Å². The lowest BCUT2D eigenvalue weighted by atomic mass is 9.85. The van der Waals surface area contributed by atoms with Crippen LogP contribution in [0.1, 0.15) is 37.9 Å². The first-order valence-corrected chi connectivity index (χ1v) is 9.64. The van der Waals surface area contributed by atoms with Gasteiger partial charge in [-0.3, -0.25) is 9.59 Å². The molecule has 2 N–H and O–H groups in total. The molecule has 2 fully saturated rings. The van der Waals surface area contributed by atoms with E-state index in [-0.39, 0.29) is 30.9 Å². The van der Waals surface area contributed by atoms with Gasteiger partial charge in [-0.25, -0.2) is 0 Å². The number of carbonyl (C=O) groups is 2. The minimum Gasteiger partial charge on any atom is -0.386 e. The molecule has 3 rings (SSSR count). The molecule has 1 aliphatic heterocycles. The van der Waals surface area contributed by atoms with Gasteiger partial charge in [0.15, 0.2) is 0 Å². The molecule has 0 aromatic heterocycles. The maximum atomic E-state index is 12.2. The average Bonchev–Trinajstić information content (AvgIpc) is 2.61. The van der Waals surface area contributed by atoms with E-state index in [1.807, 2.05) is 6.92 Å². The molecule has 27 heavy (non-hydrogen) atoms. The monoisotopic (exact) mass is 376 g/mol. The van der Waals surface area contributed by atoms with E-state index in [1.54, 1.807) is 29.2 Å². The predicted molar refractivity (Wildman–Crippen MR) is 100 cm³/mol. The lowest BCUT2D eigenvalue weighted by Crippen LogP contribution is -2.53. The van der Waals surface area contributed by atoms with E-state index in [0.29, 0.717) is 31.0 Å². The van der Waals surface area contributed by atoms with Gasteiger partial charge in [-0.15, -0.1) is 0 Å². The highest BCUT2D eigenvalue weighted by atomic mass is 16.5. The zero-order chi connectivity index (χ0) is 19.2. The third-order valence-corrected chi connectivity index (χ3v) is 5.28. The van der Waals surface area contributed by atoms with Crippen LogP contribution in [-0.2, 0) is 19.1 Å². The van der Waals surface area contributed by atoms with E-state index in [2.05, 4.69) is 5.32 Å². The Labute approximate surface area is 159 Å². The van der Waals surface area contributed by atoms with Crippen LogP contribution in [0.3, 0.4) is 0 Å². The van der Waals surface area contributed by atoms with Crippen molar-refractivity contribution in [2.75, 3.05) is 38.3 Å². The Morgan fingerprint density at radius 2 is 2.11 bits per heavy atom. The molecule has 0 bridgehead atoms. The maximum absolute atomic E-state index is 12.2. The summed E-state index contributed by atoms with van der Waals surface area (Å²) in [7, 11) is 0. The number of anilines is 1. The number of morpholine rings is 1. The highest BCUT2D eigenvalue weighted by Crippen LogP contribution is 2.28. The number of benzene rings is 1. The molecule has 1 aliphatic carbocycles. The predicted octanol–water partition coefficient (Wildman–Crippen LogP) is 1.72. The maximum Gasteiger partial charge on any atom is 0.249 e. The number of ether oxygens (including phenoxy) is 2. The van der Waals surface area contributed by atoms with Crippen LogP contribution in [0.5, 0.6) is 0 Å². The van der Waals surface area contributed by atoms with Crippen molar-refractivity contribution in [3.8, 4) is 0 Å². The number of amides is 2. The smallest absolute Gasteiger partial charge is 0.249 e. The quantitative estimate of drug-likeness (QED) is 0.675. The van der Waals surface area contributed by atoms with Crippen LogP contribution in [0.15, 0.2) is 24.3 Å². The number of carbonyl (C=O) groups excluding carboxylic acids is 2. The molecule has 148 valence electrons. The Balaban J connectivity index is 1.63. The van der Waals surface area contributed by atoms with E-state index in [9.17, 15) is 14.7 Å². The van der Waals surface area contributed by atoms with Crippen molar-refractivity contribution >= 4 is 17.5 Å². The molecule has 0 spiro atoms. The van der Waals surface area contributed by atoms with Gasteiger partial charge in [0.25, 0.3) is 0 Å². The third kappa shape index (κ3) is 4.86. The molecule has 1 aromatic carbocycles. The SMILES string of the molecule is CCOCCN1C(=O)COCC1C(O)c1ccc(NC(=O)C2CCC2)cc1.